The maximum absolute atomic E-state index is 12.0. The average molecular weight is 309 g/mol. The van der Waals surface area contributed by atoms with Crippen LogP contribution in [0, 0.1) is 0 Å². The summed E-state index contributed by atoms with van der Waals surface area (Å²) in [4.78, 5) is 12.0. The zero-order valence-corrected chi connectivity index (χ0v) is 13.3. The molecule has 2 atom stereocenters. The Labute approximate surface area is 133 Å². The van der Waals surface area contributed by atoms with Crippen molar-refractivity contribution in [2.24, 2.45) is 0 Å². The summed E-state index contributed by atoms with van der Waals surface area (Å²) in [7, 11) is 0. The lowest BCUT2D eigenvalue weighted by Gasteiger charge is -2.25. The van der Waals surface area contributed by atoms with E-state index in [9.17, 15) is 4.79 Å². The summed E-state index contributed by atoms with van der Waals surface area (Å²) in [6.45, 7) is 1.12. The van der Waals surface area contributed by atoms with Gasteiger partial charge in [-0.1, -0.05) is 24.3 Å². The Balaban J connectivity index is 0.00000161. The fourth-order valence-electron chi connectivity index (χ4n) is 3.43. The zero-order valence-electron chi connectivity index (χ0n) is 12.4. The topological polar surface area (TPSA) is 41.1 Å². The van der Waals surface area contributed by atoms with Crippen LogP contribution in [-0.4, -0.2) is 24.5 Å². The minimum absolute atomic E-state index is 0. The van der Waals surface area contributed by atoms with Crippen LogP contribution >= 0.6 is 12.4 Å². The number of rotatable bonds is 4. The van der Waals surface area contributed by atoms with E-state index in [0.29, 0.717) is 18.5 Å². The molecule has 1 aromatic rings. The van der Waals surface area contributed by atoms with E-state index >= 15 is 0 Å². The van der Waals surface area contributed by atoms with Gasteiger partial charge in [0, 0.05) is 18.5 Å². The third-order valence-corrected chi connectivity index (χ3v) is 4.59. The Hall–Kier alpha value is -1.06. The highest BCUT2D eigenvalue weighted by Crippen LogP contribution is 2.21. The molecule has 2 unspecified atom stereocenters. The molecule has 1 heterocycles. The zero-order chi connectivity index (χ0) is 13.8. The van der Waals surface area contributed by atoms with Crippen LogP contribution in [0.4, 0.5) is 0 Å². The molecule has 1 aromatic carbocycles. The summed E-state index contributed by atoms with van der Waals surface area (Å²) in [5.41, 5.74) is 2.86. The summed E-state index contributed by atoms with van der Waals surface area (Å²) in [6.07, 6.45) is 7.28. The molecule has 0 spiro atoms. The molecule has 0 radical (unpaired) electrons. The van der Waals surface area contributed by atoms with E-state index in [1.807, 2.05) is 0 Å². The first-order valence-corrected chi connectivity index (χ1v) is 7.91. The number of aryl methyl sites for hydroxylation is 1. The predicted octanol–water partition coefficient (Wildman–Crippen LogP) is 2.61. The first kappa shape index (κ1) is 16.3. The second kappa shape index (κ2) is 7.81. The van der Waals surface area contributed by atoms with Gasteiger partial charge in [-0.3, -0.25) is 4.79 Å². The quantitative estimate of drug-likeness (QED) is 0.898. The van der Waals surface area contributed by atoms with Gasteiger partial charge in [0.15, 0.2) is 0 Å². The van der Waals surface area contributed by atoms with Crippen molar-refractivity contribution in [2.45, 2.75) is 57.0 Å². The van der Waals surface area contributed by atoms with Crippen LogP contribution in [0.2, 0.25) is 0 Å². The van der Waals surface area contributed by atoms with Crippen molar-refractivity contribution in [2.75, 3.05) is 6.54 Å². The maximum Gasteiger partial charge on any atom is 0.220 e. The Morgan fingerprint density at radius 1 is 1.24 bits per heavy atom. The summed E-state index contributed by atoms with van der Waals surface area (Å²) in [5.74, 6) is 0.225. The van der Waals surface area contributed by atoms with Crippen molar-refractivity contribution in [3.63, 3.8) is 0 Å². The maximum atomic E-state index is 12.0. The molecule has 1 aliphatic heterocycles. The number of carbonyl (C=O) groups excluding carboxylic acids is 1. The van der Waals surface area contributed by atoms with Crippen molar-refractivity contribution < 1.29 is 4.79 Å². The largest absolute Gasteiger partial charge is 0.353 e. The fourth-order valence-corrected chi connectivity index (χ4v) is 3.43. The number of amides is 1. The molecule has 2 N–H and O–H groups in total. The lowest BCUT2D eigenvalue weighted by molar-refractivity contribution is -0.122. The molecule has 1 saturated heterocycles. The average Bonchev–Trinajstić information content (AvgIpc) is 2.98. The lowest BCUT2D eigenvalue weighted by atomic mass is 9.88. The van der Waals surface area contributed by atoms with Gasteiger partial charge in [0.2, 0.25) is 5.91 Å². The van der Waals surface area contributed by atoms with Gasteiger partial charge in [0.1, 0.15) is 0 Å². The number of hydrogen-bond acceptors (Lipinski definition) is 2. The normalized spacial score (nSPS) is 24.0. The van der Waals surface area contributed by atoms with Crippen molar-refractivity contribution in [3.05, 3.63) is 35.4 Å². The van der Waals surface area contributed by atoms with E-state index < -0.39 is 0 Å². The minimum atomic E-state index is 0. The van der Waals surface area contributed by atoms with Crippen LogP contribution in [0.25, 0.3) is 0 Å². The van der Waals surface area contributed by atoms with E-state index in [1.165, 1.54) is 24.0 Å². The Morgan fingerprint density at radius 3 is 2.81 bits per heavy atom. The van der Waals surface area contributed by atoms with Gasteiger partial charge in [-0.05, 0) is 56.2 Å². The number of nitrogens with one attached hydrogen (secondary N) is 2. The summed E-state index contributed by atoms with van der Waals surface area (Å²) < 4.78 is 0. The van der Waals surface area contributed by atoms with Crippen LogP contribution in [-0.2, 0) is 17.6 Å². The highest BCUT2D eigenvalue weighted by molar-refractivity contribution is 5.85. The molecule has 1 amide bonds. The van der Waals surface area contributed by atoms with E-state index in [4.69, 9.17) is 0 Å². The fraction of sp³-hybridized carbons (Fsp3) is 0.588. The van der Waals surface area contributed by atoms with Crippen molar-refractivity contribution >= 4 is 18.3 Å². The second-order valence-electron chi connectivity index (χ2n) is 6.11. The second-order valence-corrected chi connectivity index (χ2v) is 6.11. The van der Waals surface area contributed by atoms with Gasteiger partial charge in [-0.15, -0.1) is 12.4 Å². The number of halogens is 1. The van der Waals surface area contributed by atoms with Gasteiger partial charge < -0.3 is 10.6 Å². The SMILES string of the molecule is Cl.O=C(CCC1CCCN1)NC1CCc2ccccc2C1. The minimum Gasteiger partial charge on any atom is -0.353 e. The third-order valence-electron chi connectivity index (χ3n) is 4.59. The van der Waals surface area contributed by atoms with E-state index in [1.54, 1.807) is 0 Å². The van der Waals surface area contributed by atoms with Crippen LogP contribution in [0.15, 0.2) is 24.3 Å². The first-order chi connectivity index (χ1) is 9.81. The monoisotopic (exact) mass is 308 g/mol. The van der Waals surface area contributed by atoms with Crippen LogP contribution in [0.1, 0.15) is 43.2 Å². The Kier molecular flexibility index (Phi) is 6.07. The van der Waals surface area contributed by atoms with Crippen molar-refractivity contribution in [1.82, 2.24) is 10.6 Å². The molecule has 0 saturated carbocycles. The van der Waals surface area contributed by atoms with Gasteiger partial charge in [-0.2, -0.15) is 0 Å². The van der Waals surface area contributed by atoms with Crippen LogP contribution in [0.3, 0.4) is 0 Å². The molecular formula is C17H25ClN2O. The van der Waals surface area contributed by atoms with Gasteiger partial charge >= 0.3 is 0 Å². The number of fused-ring (bicyclic) bond motifs is 1. The third kappa shape index (κ3) is 4.45. The first-order valence-electron chi connectivity index (χ1n) is 7.91. The van der Waals surface area contributed by atoms with E-state index in [2.05, 4.69) is 34.9 Å². The molecule has 2 aliphatic rings. The number of hydrogen-bond donors (Lipinski definition) is 2. The van der Waals surface area contributed by atoms with E-state index in [-0.39, 0.29) is 18.3 Å². The van der Waals surface area contributed by atoms with Gasteiger partial charge in [-0.25, -0.2) is 0 Å². The van der Waals surface area contributed by atoms with Crippen molar-refractivity contribution in [1.29, 1.82) is 0 Å². The molecule has 21 heavy (non-hydrogen) atoms. The molecular weight excluding hydrogens is 284 g/mol. The molecule has 0 bridgehead atoms. The van der Waals surface area contributed by atoms with E-state index in [0.717, 1.165) is 32.2 Å². The van der Waals surface area contributed by atoms with Gasteiger partial charge in [0.25, 0.3) is 0 Å². The Bertz CT molecular complexity index is 472. The molecule has 3 nitrogen and oxygen atoms in total. The summed E-state index contributed by atoms with van der Waals surface area (Å²) >= 11 is 0. The number of carbonyl (C=O) groups is 1. The smallest absolute Gasteiger partial charge is 0.220 e. The number of benzene rings is 1. The molecule has 4 heteroatoms. The molecule has 1 fully saturated rings. The highest BCUT2D eigenvalue weighted by Gasteiger charge is 2.20. The van der Waals surface area contributed by atoms with Gasteiger partial charge in [0.05, 0.1) is 0 Å². The molecule has 3 rings (SSSR count). The van der Waals surface area contributed by atoms with Crippen molar-refractivity contribution in [3.8, 4) is 0 Å². The highest BCUT2D eigenvalue weighted by atomic mass is 35.5. The Morgan fingerprint density at radius 2 is 2.05 bits per heavy atom. The summed E-state index contributed by atoms with van der Waals surface area (Å²) in [5, 5.41) is 6.67. The molecule has 1 aliphatic carbocycles. The van der Waals surface area contributed by atoms with Crippen LogP contribution < -0.4 is 10.6 Å². The predicted molar refractivity (Wildman–Crippen MR) is 87.9 cm³/mol. The molecule has 0 aromatic heterocycles. The lowest BCUT2D eigenvalue weighted by Crippen LogP contribution is -2.39. The molecule has 116 valence electrons. The summed E-state index contributed by atoms with van der Waals surface area (Å²) in [6, 6.07) is 9.48. The standard InChI is InChI=1S/C17H24N2O.ClH/c20-17(10-9-15-6-3-11-18-15)19-16-8-7-13-4-1-2-5-14(13)12-16;/h1-2,4-5,15-16,18H,3,6-12H2,(H,19,20);1H. The van der Waals surface area contributed by atoms with Crippen LogP contribution in [0.5, 0.6) is 0 Å².